The minimum atomic E-state index is -0.110. The number of nitrogens with zero attached hydrogens (tertiary/aromatic N) is 1. The summed E-state index contributed by atoms with van der Waals surface area (Å²) in [4.78, 5) is 4.52. The Bertz CT molecular complexity index is 863. The second-order valence-electron chi connectivity index (χ2n) is 8.37. The van der Waals surface area contributed by atoms with Gasteiger partial charge in [0.25, 0.3) is 0 Å². The van der Waals surface area contributed by atoms with E-state index >= 15 is 0 Å². The molecule has 3 rings (SSSR count). The number of halogens is 1. The molecule has 0 bridgehead atoms. The molecule has 29 heavy (non-hydrogen) atoms. The number of rotatable bonds is 4. The summed E-state index contributed by atoms with van der Waals surface area (Å²) in [7, 11) is 1.61. The number of phenolic OH excluding ortho intramolecular Hbond substituents is 1. The number of nitrogens with two attached hydrogens (primary N) is 1. The van der Waals surface area contributed by atoms with E-state index < -0.39 is 0 Å². The van der Waals surface area contributed by atoms with Gasteiger partial charge < -0.3 is 20.3 Å². The minimum absolute atomic E-state index is 0.110. The first-order chi connectivity index (χ1) is 13.5. The zero-order valence-corrected chi connectivity index (χ0v) is 18.8. The number of methoxy groups -OCH3 is 1. The number of ether oxygens (including phenoxy) is 2. The van der Waals surface area contributed by atoms with Gasteiger partial charge in [-0.3, -0.25) is 0 Å². The number of phenols is 1. The van der Waals surface area contributed by atoms with Gasteiger partial charge in [0.2, 0.25) is 0 Å². The van der Waals surface area contributed by atoms with Crippen LogP contribution in [-0.2, 0) is 4.74 Å². The first-order valence-corrected chi connectivity index (χ1v) is 10.1. The predicted octanol–water partition coefficient (Wildman–Crippen LogP) is 6.87. The van der Waals surface area contributed by atoms with Crippen molar-refractivity contribution in [1.82, 2.24) is 0 Å². The lowest BCUT2D eigenvalue weighted by atomic mass is 10.1. The lowest BCUT2D eigenvalue weighted by Crippen LogP contribution is -2.09. The normalized spacial score (nSPS) is 14.8. The van der Waals surface area contributed by atoms with E-state index in [-0.39, 0.29) is 22.4 Å². The second kappa shape index (κ2) is 9.40. The summed E-state index contributed by atoms with van der Waals surface area (Å²) in [6.45, 7) is 10.5. The molecule has 2 aromatic carbocycles. The van der Waals surface area contributed by atoms with E-state index in [1.165, 1.54) is 25.0 Å². The quantitative estimate of drug-likeness (QED) is 0.322. The Balaban J connectivity index is 0.000000521. The summed E-state index contributed by atoms with van der Waals surface area (Å²) in [5.74, 6) is 1.45. The van der Waals surface area contributed by atoms with Crippen LogP contribution in [0.5, 0.6) is 17.2 Å². The zero-order valence-electron chi connectivity index (χ0n) is 18.0. The predicted molar refractivity (Wildman–Crippen MR) is 121 cm³/mol. The van der Waals surface area contributed by atoms with Crippen LogP contribution in [0.25, 0.3) is 0 Å². The van der Waals surface area contributed by atoms with Crippen LogP contribution in [-0.4, -0.2) is 18.1 Å². The summed E-state index contributed by atoms with van der Waals surface area (Å²) in [5.41, 5.74) is 8.44. The van der Waals surface area contributed by atoms with Gasteiger partial charge in [-0.05, 0) is 55.0 Å². The highest BCUT2D eigenvalue weighted by atomic mass is 35.5. The molecular weight excluding hydrogens is 388 g/mol. The van der Waals surface area contributed by atoms with E-state index in [9.17, 15) is 5.11 Å². The molecule has 0 aliphatic heterocycles. The van der Waals surface area contributed by atoms with Crippen molar-refractivity contribution in [2.75, 3.05) is 12.8 Å². The standard InChI is InChI=1S/C18H21ClN2O3.C5H10/c1-10(2)18(23-4)21-15-6-5-13(7-11(15)3)24-17-14(19)8-12(20)9-16(17)22;1-5(2)3-4-5/h5-10,22H,20H2,1-4H3;3-4H2,1-2H3. The van der Waals surface area contributed by atoms with Crippen LogP contribution in [0.4, 0.5) is 11.4 Å². The third-order valence-electron chi connectivity index (χ3n) is 4.62. The Labute approximate surface area is 178 Å². The fourth-order valence-electron chi connectivity index (χ4n) is 2.41. The first kappa shape index (κ1) is 22.9. The van der Waals surface area contributed by atoms with Crippen LogP contribution in [0, 0.1) is 18.3 Å². The third-order valence-corrected chi connectivity index (χ3v) is 4.90. The van der Waals surface area contributed by atoms with Crippen molar-refractivity contribution in [3.63, 3.8) is 0 Å². The maximum atomic E-state index is 9.94. The van der Waals surface area contributed by atoms with Crippen LogP contribution in [0.3, 0.4) is 0 Å². The number of hydrogen-bond donors (Lipinski definition) is 2. The van der Waals surface area contributed by atoms with Gasteiger partial charge in [0.1, 0.15) is 5.75 Å². The molecule has 6 heteroatoms. The topological polar surface area (TPSA) is 77.1 Å². The lowest BCUT2D eigenvalue weighted by molar-refractivity contribution is 0.375. The van der Waals surface area contributed by atoms with Crippen LogP contribution in [0.15, 0.2) is 35.3 Å². The molecule has 0 spiro atoms. The number of benzene rings is 2. The van der Waals surface area contributed by atoms with Gasteiger partial charge in [-0.15, -0.1) is 0 Å². The first-order valence-electron chi connectivity index (χ1n) is 9.71. The van der Waals surface area contributed by atoms with Gasteiger partial charge in [-0.2, -0.15) is 0 Å². The molecule has 1 aliphatic carbocycles. The monoisotopic (exact) mass is 418 g/mol. The molecule has 0 aromatic heterocycles. The molecule has 1 aliphatic rings. The molecule has 0 atom stereocenters. The Hall–Kier alpha value is -2.40. The fraction of sp³-hybridized carbons (Fsp3) is 0.435. The van der Waals surface area contributed by atoms with Gasteiger partial charge in [0, 0.05) is 17.7 Å². The average Bonchev–Trinajstić information content (AvgIpc) is 3.32. The van der Waals surface area contributed by atoms with Crippen LogP contribution in [0.1, 0.15) is 46.1 Å². The van der Waals surface area contributed by atoms with Crippen molar-refractivity contribution < 1.29 is 14.6 Å². The van der Waals surface area contributed by atoms with E-state index in [0.717, 1.165) is 16.7 Å². The van der Waals surface area contributed by atoms with Crippen molar-refractivity contribution in [2.24, 2.45) is 16.3 Å². The molecule has 0 heterocycles. The van der Waals surface area contributed by atoms with Gasteiger partial charge in [0.15, 0.2) is 17.4 Å². The minimum Gasteiger partial charge on any atom is -0.504 e. The van der Waals surface area contributed by atoms with Crippen molar-refractivity contribution >= 4 is 28.9 Å². The maximum Gasteiger partial charge on any atom is 0.190 e. The summed E-state index contributed by atoms with van der Waals surface area (Å²) in [6.07, 6.45) is 2.90. The molecule has 5 nitrogen and oxygen atoms in total. The number of aryl methyl sites for hydroxylation is 1. The van der Waals surface area contributed by atoms with Crippen molar-refractivity contribution in [2.45, 2.75) is 47.5 Å². The zero-order chi connectivity index (χ0) is 21.8. The second-order valence-corrected chi connectivity index (χ2v) is 8.78. The van der Waals surface area contributed by atoms with E-state index in [2.05, 4.69) is 18.8 Å². The molecule has 1 fully saturated rings. The Morgan fingerprint density at radius 2 is 1.83 bits per heavy atom. The highest BCUT2D eigenvalue weighted by Gasteiger charge is 2.30. The number of hydrogen-bond acceptors (Lipinski definition) is 5. The molecule has 0 unspecified atom stereocenters. The molecule has 2 aromatic rings. The van der Waals surface area contributed by atoms with Gasteiger partial charge in [-0.1, -0.05) is 39.3 Å². The molecular formula is C23H31ClN2O3. The molecule has 158 valence electrons. The van der Waals surface area contributed by atoms with E-state index in [4.69, 9.17) is 26.8 Å². The van der Waals surface area contributed by atoms with Crippen molar-refractivity contribution in [3.8, 4) is 17.2 Å². The Morgan fingerprint density at radius 3 is 2.28 bits per heavy atom. The van der Waals surface area contributed by atoms with Crippen LogP contribution < -0.4 is 10.5 Å². The molecule has 0 radical (unpaired) electrons. The summed E-state index contributed by atoms with van der Waals surface area (Å²) < 4.78 is 11.0. The Kier molecular flexibility index (Phi) is 7.42. The molecule has 3 N–H and O–H groups in total. The van der Waals surface area contributed by atoms with E-state index in [1.54, 1.807) is 13.2 Å². The molecule has 0 amide bonds. The maximum absolute atomic E-state index is 9.94. The summed E-state index contributed by atoms with van der Waals surface area (Å²) >= 11 is 6.07. The van der Waals surface area contributed by atoms with Crippen molar-refractivity contribution in [1.29, 1.82) is 0 Å². The van der Waals surface area contributed by atoms with Gasteiger partial charge in [0.05, 0.1) is 17.8 Å². The van der Waals surface area contributed by atoms with Crippen molar-refractivity contribution in [3.05, 3.63) is 40.9 Å². The number of aromatic hydroxyl groups is 1. The Morgan fingerprint density at radius 1 is 1.21 bits per heavy atom. The van der Waals surface area contributed by atoms with Crippen LogP contribution >= 0.6 is 11.6 Å². The van der Waals surface area contributed by atoms with E-state index in [1.807, 2.05) is 32.9 Å². The van der Waals surface area contributed by atoms with Gasteiger partial charge >= 0.3 is 0 Å². The SMILES string of the molecule is CC1(C)CC1.COC(=Nc1ccc(Oc2c(O)cc(N)cc2Cl)cc1C)C(C)C. The molecule has 0 saturated heterocycles. The van der Waals surface area contributed by atoms with E-state index in [0.29, 0.717) is 17.3 Å². The largest absolute Gasteiger partial charge is 0.504 e. The van der Waals surface area contributed by atoms with Crippen LogP contribution in [0.2, 0.25) is 5.02 Å². The number of aliphatic imine (C=N–C) groups is 1. The lowest BCUT2D eigenvalue weighted by Gasteiger charge is -2.12. The highest BCUT2D eigenvalue weighted by molar-refractivity contribution is 6.32. The highest BCUT2D eigenvalue weighted by Crippen LogP contribution is 2.43. The third kappa shape index (κ3) is 6.86. The number of anilines is 1. The fourth-order valence-corrected chi connectivity index (χ4v) is 2.68. The van der Waals surface area contributed by atoms with Gasteiger partial charge in [-0.25, -0.2) is 4.99 Å². The molecule has 1 saturated carbocycles. The smallest absolute Gasteiger partial charge is 0.190 e. The average molecular weight is 419 g/mol. The summed E-state index contributed by atoms with van der Waals surface area (Å²) in [6, 6.07) is 8.31. The summed E-state index contributed by atoms with van der Waals surface area (Å²) in [5, 5.41) is 10.2. The number of nitrogen functional groups attached to an aromatic ring is 1.